The summed E-state index contributed by atoms with van der Waals surface area (Å²) in [6.07, 6.45) is 3.58. The second-order valence-electron chi connectivity index (χ2n) is 4.82. The molecule has 3 rings (SSSR count). The zero-order valence-electron chi connectivity index (χ0n) is 11.7. The Labute approximate surface area is 123 Å². The largest absolute Gasteiger partial charge is 0.322 e. The van der Waals surface area contributed by atoms with Gasteiger partial charge in [0, 0.05) is 23.6 Å². The molecule has 0 spiro atoms. The summed E-state index contributed by atoms with van der Waals surface area (Å²) in [4.78, 5) is 12.2. The van der Waals surface area contributed by atoms with Crippen LogP contribution in [-0.4, -0.2) is 15.7 Å². The molecule has 0 saturated heterocycles. The van der Waals surface area contributed by atoms with Crippen LogP contribution in [0.15, 0.2) is 67.0 Å². The lowest BCUT2D eigenvalue weighted by atomic mass is 10.1. The molecule has 0 bridgehead atoms. The van der Waals surface area contributed by atoms with Crippen molar-refractivity contribution < 1.29 is 4.79 Å². The molecule has 0 aliphatic carbocycles. The summed E-state index contributed by atoms with van der Waals surface area (Å²) in [5.74, 6) is -0.115. The van der Waals surface area contributed by atoms with Crippen LogP contribution in [0.1, 0.15) is 15.9 Å². The van der Waals surface area contributed by atoms with Crippen molar-refractivity contribution in [3.05, 3.63) is 78.1 Å². The quantitative estimate of drug-likeness (QED) is 0.797. The van der Waals surface area contributed by atoms with Gasteiger partial charge in [-0.2, -0.15) is 5.10 Å². The smallest absolute Gasteiger partial charge is 0.255 e. The number of amides is 1. The average Bonchev–Trinajstić information content (AvgIpc) is 3.02. The van der Waals surface area contributed by atoms with Gasteiger partial charge in [0.1, 0.15) is 0 Å². The summed E-state index contributed by atoms with van der Waals surface area (Å²) in [7, 11) is 0. The second-order valence-corrected chi connectivity index (χ2v) is 4.82. The third-order valence-corrected chi connectivity index (χ3v) is 3.15. The number of benzene rings is 2. The van der Waals surface area contributed by atoms with E-state index in [1.165, 1.54) is 0 Å². The van der Waals surface area contributed by atoms with E-state index in [4.69, 9.17) is 0 Å². The molecule has 1 N–H and O–H groups in total. The molecular formula is C17H15N3O. The number of carbonyl (C=O) groups is 1. The lowest BCUT2D eigenvalue weighted by molar-refractivity contribution is 0.102. The van der Waals surface area contributed by atoms with Gasteiger partial charge in [-0.3, -0.25) is 4.79 Å². The molecule has 1 aromatic heterocycles. The molecule has 4 heteroatoms. The maximum Gasteiger partial charge on any atom is 0.255 e. The van der Waals surface area contributed by atoms with Gasteiger partial charge < -0.3 is 5.32 Å². The zero-order chi connectivity index (χ0) is 14.7. The van der Waals surface area contributed by atoms with Crippen LogP contribution >= 0.6 is 0 Å². The molecule has 0 aliphatic heterocycles. The lowest BCUT2D eigenvalue weighted by Crippen LogP contribution is -2.12. The fourth-order valence-corrected chi connectivity index (χ4v) is 2.14. The minimum absolute atomic E-state index is 0.115. The normalized spacial score (nSPS) is 10.3. The summed E-state index contributed by atoms with van der Waals surface area (Å²) >= 11 is 0. The Morgan fingerprint density at radius 1 is 1.10 bits per heavy atom. The third-order valence-electron chi connectivity index (χ3n) is 3.15. The van der Waals surface area contributed by atoms with Gasteiger partial charge in [-0.25, -0.2) is 4.68 Å². The van der Waals surface area contributed by atoms with E-state index in [1.54, 1.807) is 16.9 Å². The number of nitrogens with zero attached hydrogens (tertiary/aromatic N) is 2. The van der Waals surface area contributed by atoms with E-state index in [0.29, 0.717) is 5.56 Å². The van der Waals surface area contributed by atoms with E-state index >= 15 is 0 Å². The predicted molar refractivity (Wildman–Crippen MR) is 82.7 cm³/mol. The fourth-order valence-electron chi connectivity index (χ4n) is 2.14. The van der Waals surface area contributed by atoms with Crippen LogP contribution in [0, 0.1) is 6.92 Å². The Kier molecular flexibility index (Phi) is 3.51. The number of nitrogens with one attached hydrogen (secondary N) is 1. The monoisotopic (exact) mass is 277 g/mol. The van der Waals surface area contributed by atoms with Crippen LogP contribution in [-0.2, 0) is 0 Å². The van der Waals surface area contributed by atoms with Crippen LogP contribution in [0.2, 0.25) is 0 Å². The fraction of sp³-hybridized carbons (Fsp3) is 0.0588. The van der Waals surface area contributed by atoms with Crippen molar-refractivity contribution in [2.75, 3.05) is 5.32 Å². The van der Waals surface area contributed by atoms with Crippen LogP contribution in [0.25, 0.3) is 5.69 Å². The molecule has 0 aliphatic rings. The van der Waals surface area contributed by atoms with Gasteiger partial charge in [-0.15, -0.1) is 0 Å². The maximum absolute atomic E-state index is 12.2. The molecule has 4 nitrogen and oxygen atoms in total. The van der Waals surface area contributed by atoms with Crippen LogP contribution in [0.4, 0.5) is 5.69 Å². The van der Waals surface area contributed by atoms with E-state index in [2.05, 4.69) is 10.4 Å². The standard InChI is InChI=1S/C17H15N3O/c1-13-5-2-6-14(11-13)17(21)19-15-7-3-8-16(12-15)20-10-4-9-18-20/h2-12H,1H3,(H,19,21). The molecule has 104 valence electrons. The summed E-state index contributed by atoms with van der Waals surface area (Å²) in [5.41, 5.74) is 3.36. The molecule has 3 aromatic rings. The highest BCUT2D eigenvalue weighted by atomic mass is 16.1. The molecule has 2 aromatic carbocycles. The first kappa shape index (κ1) is 13.1. The van der Waals surface area contributed by atoms with Crippen molar-refractivity contribution in [2.45, 2.75) is 6.92 Å². The van der Waals surface area contributed by atoms with Crippen molar-refractivity contribution in [3.8, 4) is 5.69 Å². The summed E-state index contributed by atoms with van der Waals surface area (Å²) in [6, 6.07) is 17.0. The minimum atomic E-state index is -0.115. The van der Waals surface area contributed by atoms with Crippen LogP contribution in [0.5, 0.6) is 0 Å². The summed E-state index contributed by atoms with van der Waals surface area (Å²) in [6.45, 7) is 1.97. The molecule has 1 heterocycles. The van der Waals surface area contributed by atoms with Gasteiger partial charge in [-0.05, 0) is 43.3 Å². The molecule has 0 atom stereocenters. The predicted octanol–water partition coefficient (Wildman–Crippen LogP) is 3.43. The van der Waals surface area contributed by atoms with E-state index in [-0.39, 0.29) is 5.91 Å². The molecule has 0 radical (unpaired) electrons. The van der Waals surface area contributed by atoms with E-state index < -0.39 is 0 Å². The highest BCUT2D eigenvalue weighted by molar-refractivity contribution is 6.04. The molecule has 0 saturated carbocycles. The number of anilines is 1. The zero-order valence-corrected chi connectivity index (χ0v) is 11.7. The SMILES string of the molecule is Cc1cccc(C(=O)Nc2cccc(-n3cccn3)c2)c1. The van der Waals surface area contributed by atoms with Crippen LogP contribution in [0.3, 0.4) is 0 Å². The second kappa shape index (κ2) is 5.63. The third kappa shape index (κ3) is 3.00. The molecular weight excluding hydrogens is 262 g/mol. The van der Waals surface area contributed by atoms with E-state index in [1.807, 2.05) is 61.7 Å². The Hall–Kier alpha value is -2.88. The van der Waals surface area contributed by atoms with Gasteiger partial charge >= 0.3 is 0 Å². The van der Waals surface area contributed by atoms with Gasteiger partial charge in [0.15, 0.2) is 0 Å². The lowest BCUT2D eigenvalue weighted by Gasteiger charge is -2.08. The summed E-state index contributed by atoms with van der Waals surface area (Å²) in [5, 5.41) is 7.09. The molecule has 1 amide bonds. The van der Waals surface area contributed by atoms with Gasteiger partial charge in [0.05, 0.1) is 5.69 Å². The van der Waals surface area contributed by atoms with Crippen molar-refractivity contribution in [2.24, 2.45) is 0 Å². The first-order valence-corrected chi connectivity index (χ1v) is 6.70. The first-order chi connectivity index (χ1) is 10.2. The highest BCUT2D eigenvalue weighted by Crippen LogP contribution is 2.15. The van der Waals surface area contributed by atoms with Gasteiger partial charge in [0.2, 0.25) is 0 Å². The van der Waals surface area contributed by atoms with Gasteiger partial charge in [-0.1, -0.05) is 23.8 Å². The number of aromatic nitrogens is 2. The maximum atomic E-state index is 12.2. The molecule has 0 unspecified atom stereocenters. The van der Waals surface area contributed by atoms with Crippen molar-refractivity contribution >= 4 is 11.6 Å². The number of hydrogen-bond acceptors (Lipinski definition) is 2. The average molecular weight is 277 g/mol. The van der Waals surface area contributed by atoms with Crippen LogP contribution < -0.4 is 5.32 Å². The topological polar surface area (TPSA) is 46.9 Å². The Morgan fingerprint density at radius 3 is 2.71 bits per heavy atom. The number of hydrogen-bond donors (Lipinski definition) is 1. The Bertz CT molecular complexity index is 763. The summed E-state index contributed by atoms with van der Waals surface area (Å²) < 4.78 is 1.75. The molecule has 21 heavy (non-hydrogen) atoms. The Morgan fingerprint density at radius 2 is 1.95 bits per heavy atom. The van der Waals surface area contributed by atoms with E-state index in [0.717, 1.165) is 16.9 Å². The van der Waals surface area contributed by atoms with Gasteiger partial charge in [0.25, 0.3) is 5.91 Å². The van der Waals surface area contributed by atoms with Crippen molar-refractivity contribution in [1.82, 2.24) is 9.78 Å². The number of aryl methyl sites for hydroxylation is 1. The number of rotatable bonds is 3. The molecule has 0 fully saturated rings. The van der Waals surface area contributed by atoms with Crippen molar-refractivity contribution in [3.63, 3.8) is 0 Å². The van der Waals surface area contributed by atoms with Crippen molar-refractivity contribution in [1.29, 1.82) is 0 Å². The van der Waals surface area contributed by atoms with E-state index in [9.17, 15) is 4.79 Å². The first-order valence-electron chi connectivity index (χ1n) is 6.70. The number of carbonyl (C=O) groups excluding carboxylic acids is 1. The Balaban J connectivity index is 1.82. The minimum Gasteiger partial charge on any atom is -0.322 e. The highest BCUT2D eigenvalue weighted by Gasteiger charge is 2.06.